The lowest BCUT2D eigenvalue weighted by atomic mass is 10.2. The van der Waals surface area contributed by atoms with E-state index in [1.165, 1.54) is 0 Å². The molecule has 0 atom stereocenters. The molecule has 1 aromatic rings. The van der Waals surface area contributed by atoms with Crippen LogP contribution in [0.2, 0.25) is 0 Å². The smallest absolute Gasteiger partial charge is 0.307 e. The normalized spacial score (nSPS) is 10.8. The van der Waals surface area contributed by atoms with Gasteiger partial charge in [-0.1, -0.05) is 0 Å². The Morgan fingerprint density at radius 1 is 1.57 bits per heavy atom. The number of nitrogens with zero attached hydrogens (tertiary/aromatic N) is 1. The molecule has 1 N–H and O–H groups in total. The van der Waals surface area contributed by atoms with Crippen molar-refractivity contribution in [2.75, 3.05) is 0 Å². The van der Waals surface area contributed by atoms with Crippen LogP contribution in [-0.4, -0.2) is 22.1 Å². The van der Waals surface area contributed by atoms with Crippen molar-refractivity contribution in [3.63, 3.8) is 0 Å². The molecular weight excluding hydrogens is 192 g/mol. The Morgan fingerprint density at radius 3 is 2.86 bits per heavy atom. The minimum atomic E-state index is -2.32. The first-order valence-electron chi connectivity index (χ1n) is 4.22. The van der Waals surface area contributed by atoms with Crippen LogP contribution in [0.1, 0.15) is 12.0 Å². The highest BCUT2D eigenvalue weighted by molar-refractivity contribution is 5.69. The maximum absolute atomic E-state index is 11.8. The monoisotopic (exact) mass is 203 g/mol. The molecule has 0 aliphatic rings. The molecule has 1 heterocycles. The molecule has 0 unspecified atom stereocenters. The van der Waals surface area contributed by atoms with Crippen LogP contribution in [-0.2, 0) is 17.8 Å². The fourth-order valence-electron chi connectivity index (χ4n) is 1.16. The highest BCUT2D eigenvalue weighted by Gasteiger charge is 2.05. The fraction of sp³-hybridized carbons (Fsp3) is 0.444. The molecule has 0 aliphatic carbocycles. The summed E-state index contributed by atoms with van der Waals surface area (Å²) in [6.45, 7) is 0.220. The van der Waals surface area contributed by atoms with Gasteiger partial charge in [-0.05, 0) is 11.6 Å². The zero-order valence-corrected chi connectivity index (χ0v) is 7.49. The SMILES string of the molecule is O=C(O)Cc1ccn(CCC(F)F)c1. The number of carbonyl (C=O) groups is 1. The number of hydrogen-bond donors (Lipinski definition) is 1. The van der Waals surface area contributed by atoms with Gasteiger partial charge >= 0.3 is 5.97 Å². The maximum Gasteiger partial charge on any atom is 0.307 e. The Kier molecular flexibility index (Phi) is 3.62. The molecule has 0 fully saturated rings. The summed E-state index contributed by atoms with van der Waals surface area (Å²) in [5, 5.41) is 8.47. The third kappa shape index (κ3) is 3.55. The van der Waals surface area contributed by atoms with E-state index in [9.17, 15) is 13.6 Å². The van der Waals surface area contributed by atoms with Gasteiger partial charge in [0, 0.05) is 25.4 Å². The molecule has 1 rings (SSSR count). The lowest BCUT2D eigenvalue weighted by Crippen LogP contribution is -2.01. The van der Waals surface area contributed by atoms with Crippen LogP contribution < -0.4 is 0 Å². The van der Waals surface area contributed by atoms with Crippen LogP contribution in [0.5, 0.6) is 0 Å². The second-order valence-corrected chi connectivity index (χ2v) is 3.01. The van der Waals surface area contributed by atoms with E-state index in [-0.39, 0.29) is 19.4 Å². The molecule has 0 saturated carbocycles. The molecular formula is C9H11F2NO2. The summed E-state index contributed by atoms with van der Waals surface area (Å²) in [5.74, 6) is -0.920. The summed E-state index contributed by atoms with van der Waals surface area (Å²) < 4.78 is 25.2. The molecule has 14 heavy (non-hydrogen) atoms. The number of rotatable bonds is 5. The fourth-order valence-corrected chi connectivity index (χ4v) is 1.16. The zero-order valence-electron chi connectivity index (χ0n) is 7.49. The second kappa shape index (κ2) is 4.74. The second-order valence-electron chi connectivity index (χ2n) is 3.01. The highest BCUT2D eigenvalue weighted by atomic mass is 19.3. The van der Waals surface area contributed by atoms with Crippen molar-refractivity contribution in [1.29, 1.82) is 0 Å². The minimum Gasteiger partial charge on any atom is -0.481 e. The van der Waals surface area contributed by atoms with Gasteiger partial charge in [0.25, 0.3) is 0 Å². The number of carboxylic acid groups (broad SMARTS) is 1. The third-order valence-corrected chi connectivity index (χ3v) is 1.77. The van der Waals surface area contributed by atoms with E-state index in [4.69, 9.17) is 5.11 Å². The van der Waals surface area contributed by atoms with E-state index in [2.05, 4.69) is 0 Å². The first-order chi connectivity index (χ1) is 6.58. The number of carboxylic acids is 1. The summed E-state index contributed by atoms with van der Waals surface area (Å²) in [6.07, 6.45) is 0.598. The number of aliphatic carboxylic acids is 1. The van der Waals surface area contributed by atoms with Gasteiger partial charge in [0.05, 0.1) is 6.42 Å². The van der Waals surface area contributed by atoms with Gasteiger partial charge < -0.3 is 9.67 Å². The van der Waals surface area contributed by atoms with E-state index in [0.29, 0.717) is 5.56 Å². The molecule has 5 heteroatoms. The van der Waals surface area contributed by atoms with Crippen molar-refractivity contribution < 1.29 is 18.7 Å². The van der Waals surface area contributed by atoms with E-state index in [0.717, 1.165) is 0 Å². The summed E-state index contributed by atoms with van der Waals surface area (Å²) in [5.41, 5.74) is 0.631. The largest absolute Gasteiger partial charge is 0.481 e. The molecule has 0 saturated heterocycles. The van der Waals surface area contributed by atoms with Crippen LogP contribution >= 0.6 is 0 Å². The van der Waals surface area contributed by atoms with Crippen molar-refractivity contribution in [2.24, 2.45) is 0 Å². The number of hydrogen-bond acceptors (Lipinski definition) is 1. The summed E-state index contributed by atoms with van der Waals surface area (Å²) in [4.78, 5) is 10.3. The molecule has 0 aliphatic heterocycles. The Hall–Kier alpha value is -1.39. The van der Waals surface area contributed by atoms with Crippen LogP contribution in [0.3, 0.4) is 0 Å². The Labute approximate surface area is 80.0 Å². The highest BCUT2D eigenvalue weighted by Crippen LogP contribution is 2.06. The number of halogens is 2. The van der Waals surface area contributed by atoms with Crippen molar-refractivity contribution >= 4 is 5.97 Å². The lowest BCUT2D eigenvalue weighted by molar-refractivity contribution is -0.136. The van der Waals surface area contributed by atoms with Gasteiger partial charge in [0.15, 0.2) is 0 Å². The molecule has 0 radical (unpaired) electrons. The van der Waals surface area contributed by atoms with Gasteiger partial charge in [-0.15, -0.1) is 0 Å². The molecule has 0 aromatic carbocycles. The van der Waals surface area contributed by atoms with Crippen LogP contribution in [0, 0.1) is 0 Å². The predicted octanol–water partition coefficient (Wildman–Crippen LogP) is 1.77. The van der Waals surface area contributed by atoms with E-state index < -0.39 is 12.4 Å². The zero-order chi connectivity index (χ0) is 10.6. The summed E-state index contributed by atoms with van der Waals surface area (Å²) in [7, 11) is 0. The first kappa shape index (κ1) is 10.7. The van der Waals surface area contributed by atoms with Crippen molar-refractivity contribution in [2.45, 2.75) is 25.8 Å². The van der Waals surface area contributed by atoms with E-state index in [1.807, 2.05) is 0 Å². The average Bonchev–Trinajstić information content (AvgIpc) is 2.47. The van der Waals surface area contributed by atoms with Crippen LogP contribution in [0.15, 0.2) is 18.5 Å². The standard InChI is InChI=1S/C9H11F2NO2/c10-8(11)2-4-12-3-1-7(6-12)5-9(13)14/h1,3,6,8H,2,4-5H2,(H,13,14). The minimum absolute atomic E-state index is 0.0678. The molecule has 0 bridgehead atoms. The van der Waals surface area contributed by atoms with Gasteiger partial charge in [-0.3, -0.25) is 4.79 Å². The quantitative estimate of drug-likeness (QED) is 0.792. The van der Waals surface area contributed by atoms with Gasteiger partial charge in [0.1, 0.15) is 0 Å². The van der Waals surface area contributed by atoms with Crippen molar-refractivity contribution in [3.05, 3.63) is 24.0 Å². The van der Waals surface area contributed by atoms with E-state index in [1.54, 1.807) is 23.0 Å². The topological polar surface area (TPSA) is 42.2 Å². The molecule has 0 amide bonds. The Bertz CT molecular complexity index is 310. The van der Waals surface area contributed by atoms with Crippen molar-refractivity contribution in [3.8, 4) is 0 Å². The van der Waals surface area contributed by atoms with E-state index >= 15 is 0 Å². The van der Waals surface area contributed by atoms with Crippen molar-refractivity contribution in [1.82, 2.24) is 4.57 Å². The van der Waals surface area contributed by atoms with Gasteiger partial charge in [-0.25, -0.2) is 8.78 Å². The predicted molar refractivity (Wildman–Crippen MR) is 46.4 cm³/mol. The number of aromatic nitrogens is 1. The number of aryl methyl sites for hydroxylation is 1. The van der Waals surface area contributed by atoms with Gasteiger partial charge in [-0.2, -0.15) is 0 Å². The van der Waals surface area contributed by atoms with Crippen LogP contribution in [0.4, 0.5) is 8.78 Å². The summed E-state index contributed by atoms with van der Waals surface area (Å²) in [6, 6.07) is 1.62. The number of alkyl halides is 2. The maximum atomic E-state index is 11.8. The Morgan fingerprint density at radius 2 is 2.29 bits per heavy atom. The molecule has 0 spiro atoms. The molecule has 1 aromatic heterocycles. The summed E-state index contributed by atoms with van der Waals surface area (Å²) >= 11 is 0. The average molecular weight is 203 g/mol. The Balaban J connectivity index is 2.46. The molecule has 3 nitrogen and oxygen atoms in total. The van der Waals surface area contributed by atoms with Gasteiger partial charge in [0.2, 0.25) is 6.43 Å². The molecule has 78 valence electrons. The lowest BCUT2D eigenvalue weighted by Gasteiger charge is -2.00. The van der Waals surface area contributed by atoms with Crippen LogP contribution in [0.25, 0.3) is 0 Å². The first-order valence-corrected chi connectivity index (χ1v) is 4.22. The third-order valence-electron chi connectivity index (χ3n) is 1.77.